The molecule has 8 nitrogen and oxygen atoms in total. The summed E-state index contributed by atoms with van der Waals surface area (Å²) in [5.41, 5.74) is 1.11. The van der Waals surface area contributed by atoms with Gasteiger partial charge in [0.05, 0.1) is 23.1 Å². The SMILES string of the molecule is O=[N+]([O-])c1ccc(Sc2nnc(-c3ccco3)n2Cc2ccccc2)c2ccncc12. The number of hydrogen-bond donors (Lipinski definition) is 0. The van der Waals surface area contributed by atoms with Gasteiger partial charge in [-0.1, -0.05) is 30.3 Å². The van der Waals surface area contributed by atoms with E-state index in [-0.39, 0.29) is 5.69 Å². The summed E-state index contributed by atoms with van der Waals surface area (Å²) < 4.78 is 7.54. The first-order valence-corrected chi connectivity index (χ1v) is 10.2. The Morgan fingerprint density at radius 2 is 1.87 bits per heavy atom. The highest BCUT2D eigenvalue weighted by Crippen LogP contribution is 2.37. The normalized spacial score (nSPS) is 11.1. The highest BCUT2D eigenvalue weighted by atomic mass is 32.2. The molecule has 0 aliphatic rings. The van der Waals surface area contributed by atoms with Crippen molar-refractivity contribution < 1.29 is 9.34 Å². The Hall–Kier alpha value is -3.98. The number of furan rings is 1. The van der Waals surface area contributed by atoms with Crippen LogP contribution in [0.25, 0.3) is 22.4 Å². The fraction of sp³-hybridized carbons (Fsp3) is 0.0455. The van der Waals surface area contributed by atoms with Crippen molar-refractivity contribution in [2.45, 2.75) is 16.6 Å². The van der Waals surface area contributed by atoms with Gasteiger partial charge in [0.15, 0.2) is 10.9 Å². The van der Waals surface area contributed by atoms with Crippen LogP contribution in [-0.2, 0) is 6.54 Å². The van der Waals surface area contributed by atoms with E-state index in [0.29, 0.717) is 28.7 Å². The molecular formula is C22H15N5O3S. The number of non-ortho nitro benzene ring substituents is 1. The van der Waals surface area contributed by atoms with Crippen molar-refractivity contribution in [2.24, 2.45) is 0 Å². The summed E-state index contributed by atoms with van der Waals surface area (Å²) in [5.74, 6) is 1.23. The van der Waals surface area contributed by atoms with E-state index in [1.807, 2.05) is 41.0 Å². The van der Waals surface area contributed by atoms with Gasteiger partial charge in [0.25, 0.3) is 5.69 Å². The van der Waals surface area contributed by atoms with Crippen molar-refractivity contribution in [1.29, 1.82) is 0 Å². The summed E-state index contributed by atoms with van der Waals surface area (Å²) in [5, 5.41) is 22.0. The largest absolute Gasteiger partial charge is 0.461 e. The van der Waals surface area contributed by atoms with E-state index >= 15 is 0 Å². The first-order chi connectivity index (χ1) is 15.2. The molecular weight excluding hydrogens is 414 g/mol. The number of benzene rings is 2. The Morgan fingerprint density at radius 3 is 2.65 bits per heavy atom. The van der Waals surface area contributed by atoms with Crippen LogP contribution in [-0.4, -0.2) is 24.7 Å². The number of pyridine rings is 1. The number of nitro benzene ring substituents is 1. The van der Waals surface area contributed by atoms with Crippen molar-refractivity contribution in [3.05, 3.63) is 95.0 Å². The summed E-state index contributed by atoms with van der Waals surface area (Å²) in [7, 11) is 0. The predicted molar refractivity (Wildman–Crippen MR) is 116 cm³/mol. The topological polar surface area (TPSA) is 99.9 Å². The number of aromatic nitrogens is 4. The summed E-state index contributed by atoms with van der Waals surface area (Å²) in [6, 6.07) is 18.7. The molecule has 0 saturated heterocycles. The van der Waals surface area contributed by atoms with Gasteiger partial charge in [0.1, 0.15) is 0 Å². The third kappa shape index (κ3) is 3.66. The minimum absolute atomic E-state index is 0.0227. The molecule has 0 aliphatic heterocycles. The lowest BCUT2D eigenvalue weighted by molar-refractivity contribution is -0.383. The monoisotopic (exact) mass is 429 g/mol. The molecule has 0 aliphatic carbocycles. The molecule has 0 N–H and O–H groups in total. The number of nitrogens with zero attached hydrogens (tertiary/aromatic N) is 5. The van der Waals surface area contributed by atoms with Gasteiger partial charge < -0.3 is 4.42 Å². The quantitative estimate of drug-likeness (QED) is 0.270. The van der Waals surface area contributed by atoms with Crippen molar-refractivity contribution in [1.82, 2.24) is 19.7 Å². The Morgan fingerprint density at radius 1 is 1.00 bits per heavy atom. The van der Waals surface area contributed by atoms with Gasteiger partial charge in [0.2, 0.25) is 5.82 Å². The molecule has 9 heteroatoms. The van der Waals surface area contributed by atoms with E-state index in [1.165, 1.54) is 24.0 Å². The summed E-state index contributed by atoms with van der Waals surface area (Å²) >= 11 is 1.40. The van der Waals surface area contributed by atoms with Crippen molar-refractivity contribution >= 4 is 28.2 Å². The number of nitro groups is 1. The highest BCUT2D eigenvalue weighted by molar-refractivity contribution is 7.99. The van der Waals surface area contributed by atoms with Gasteiger partial charge in [-0.05, 0) is 41.6 Å². The fourth-order valence-corrected chi connectivity index (χ4v) is 4.32. The van der Waals surface area contributed by atoms with Crippen LogP contribution < -0.4 is 0 Å². The van der Waals surface area contributed by atoms with E-state index < -0.39 is 4.92 Å². The van der Waals surface area contributed by atoms with Crippen molar-refractivity contribution in [2.75, 3.05) is 0 Å². The van der Waals surface area contributed by atoms with Crippen LogP contribution in [0.5, 0.6) is 0 Å². The standard InChI is InChI=1S/C22H15N5O3S/c28-27(29)18-8-9-20(16-10-11-23-13-17(16)18)31-22-25-24-21(19-7-4-12-30-19)26(22)14-15-5-2-1-3-6-15/h1-13H,14H2. The van der Waals surface area contributed by atoms with Gasteiger partial charge in [-0.3, -0.25) is 19.7 Å². The van der Waals surface area contributed by atoms with Crippen LogP contribution in [0.3, 0.4) is 0 Å². The Balaban J connectivity index is 1.60. The van der Waals surface area contributed by atoms with Gasteiger partial charge in [-0.15, -0.1) is 10.2 Å². The molecule has 0 atom stereocenters. The summed E-state index contributed by atoms with van der Waals surface area (Å²) in [6.45, 7) is 0.554. The molecule has 3 heterocycles. The molecule has 0 saturated carbocycles. The average molecular weight is 429 g/mol. The van der Waals surface area contributed by atoms with Crippen molar-refractivity contribution in [3.63, 3.8) is 0 Å². The highest BCUT2D eigenvalue weighted by Gasteiger charge is 2.20. The number of fused-ring (bicyclic) bond motifs is 1. The van der Waals surface area contributed by atoms with E-state index in [1.54, 1.807) is 30.7 Å². The molecule has 0 radical (unpaired) electrons. The minimum atomic E-state index is -0.397. The second kappa shape index (κ2) is 8.04. The first kappa shape index (κ1) is 19.0. The molecule has 2 aromatic carbocycles. The lowest BCUT2D eigenvalue weighted by atomic mass is 10.1. The minimum Gasteiger partial charge on any atom is -0.461 e. The Bertz CT molecular complexity index is 1370. The van der Waals surface area contributed by atoms with Crippen LogP contribution in [0.2, 0.25) is 0 Å². The fourth-order valence-electron chi connectivity index (χ4n) is 3.35. The molecule has 152 valence electrons. The van der Waals surface area contributed by atoms with E-state index in [9.17, 15) is 10.1 Å². The second-order valence-electron chi connectivity index (χ2n) is 6.72. The van der Waals surface area contributed by atoms with Gasteiger partial charge in [0, 0.05) is 28.7 Å². The number of hydrogen-bond acceptors (Lipinski definition) is 7. The maximum absolute atomic E-state index is 11.4. The van der Waals surface area contributed by atoms with Crippen LogP contribution in [0, 0.1) is 10.1 Å². The molecule has 0 amide bonds. The Kier molecular flexibility index (Phi) is 4.93. The van der Waals surface area contributed by atoms with E-state index in [2.05, 4.69) is 15.2 Å². The maximum atomic E-state index is 11.4. The van der Waals surface area contributed by atoms with Crippen LogP contribution in [0.15, 0.2) is 93.8 Å². The maximum Gasteiger partial charge on any atom is 0.278 e. The molecule has 5 rings (SSSR count). The lowest BCUT2D eigenvalue weighted by Gasteiger charge is -2.10. The summed E-state index contributed by atoms with van der Waals surface area (Å²) in [6.07, 6.45) is 4.74. The Labute approximate surface area is 180 Å². The third-order valence-corrected chi connectivity index (χ3v) is 5.86. The molecule has 5 aromatic rings. The van der Waals surface area contributed by atoms with Gasteiger partial charge in [-0.2, -0.15) is 0 Å². The zero-order valence-corrected chi connectivity index (χ0v) is 16.9. The van der Waals surface area contributed by atoms with E-state index in [4.69, 9.17) is 4.42 Å². The molecule has 0 spiro atoms. The van der Waals surface area contributed by atoms with Crippen LogP contribution >= 0.6 is 11.8 Å². The zero-order chi connectivity index (χ0) is 21.2. The van der Waals surface area contributed by atoms with Gasteiger partial charge >= 0.3 is 0 Å². The molecule has 0 bridgehead atoms. The number of rotatable bonds is 6. The van der Waals surface area contributed by atoms with Crippen LogP contribution in [0.4, 0.5) is 5.69 Å². The third-order valence-electron chi connectivity index (χ3n) is 4.79. The molecule has 3 aromatic heterocycles. The molecule has 0 unspecified atom stereocenters. The van der Waals surface area contributed by atoms with E-state index in [0.717, 1.165) is 15.8 Å². The average Bonchev–Trinajstić information content (AvgIpc) is 3.45. The van der Waals surface area contributed by atoms with Gasteiger partial charge in [-0.25, -0.2) is 0 Å². The zero-order valence-electron chi connectivity index (χ0n) is 16.1. The smallest absolute Gasteiger partial charge is 0.278 e. The molecule has 0 fully saturated rings. The van der Waals surface area contributed by atoms with Crippen LogP contribution in [0.1, 0.15) is 5.56 Å². The van der Waals surface area contributed by atoms with Crippen molar-refractivity contribution in [3.8, 4) is 11.6 Å². The first-order valence-electron chi connectivity index (χ1n) is 9.40. The predicted octanol–water partition coefficient (Wildman–Crippen LogP) is 5.19. The lowest BCUT2D eigenvalue weighted by Crippen LogP contribution is -2.03. The second-order valence-corrected chi connectivity index (χ2v) is 7.73. The summed E-state index contributed by atoms with van der Waals surface area (Å²) in [4.78, 5) is 15.9. The molecule has 31 heavy (non-hydrogen) atoms.